The zero-order valence-corrected chi connectivity index (χ0v) is 9.59. The van der Waals surface area contributed by atoms with Gasteiger partial charge in [0.05, 0.1) is 5.56 Å². The number of hydrogen-bond donors (Lipinski definition) is 3. The van der Waals surface area contributed by atoms with Gasteiger partial charge in [0.1, 0.15) is 5.75 Å². The molecule has 92 valence electrons. The maximum absolute atomic E-state index is 11.8. The fraction of sp³-hybridized carbons (Fsp3) is 0. The molecule has 0 unspecified atom stereocenters. The lowest BCUT2D eigenvalue weighted by molar-refractivity contribution is 0.0735. The zero-order valence-electron chi connectivity index (χ0n) is 9.59. The number of benzene rings is 2. The lowest BCUT2D eigenvalue weighted by atomic mass is 10.2. The van der Waals surface area contributed by atoms with E-state index in [0.717, 1.165) is 5.69 Å². The summed E-state index contributed by atoms with van der Waals surface area (Å²) in [5.41, 5.74) is 9.78. The van der Waals surface area contributed by atoms with Crippen molar-refractivity contribution in [2.24, 2.45) is 5.84 Å². The van der Waals surface area contributed by atoms with Crippen molar-refractivity contribution in [1.82, 2.24) is 0 Å². The molecule has 5 nitrogen and oxygen atoms in total. The van der Waals surface area contributed by atoms with Crippen LogP contribution in [0.15, 0.2) is 48.5 Å². The van der Waals surface area contributed by atoms with Crippen molar-refractivity contribution in [2.75, 3.05) is 11.2 Å². The van der Waals surface area contributed by atoms with Crippen LogP contribution in [-0.2, 0) is 0 Å². The first-order valence-corrected chi connectivity index (χ1v) is 5.33. The van der Waals surface area contributed by atoms with Gasteiger partial charge in [0.25, 0.3) is 0 Å². The summed E-state index contributed by atoms with van der Waals surface area (Å²) in [5, 5.41) is 0. The molecule has 0 radical (unpaired) electrons. The first-order valence-electron chi connectivity index (χ1n) is 5.33. The van der Waals surface area contributed by atoms with Gasteiger partial charge in [0.2, 0.25) is 0 Å². The highest BCUT2D eigenvalue weighted by Crippen LogP contribution is 2.17. The number of nitrogens with one attached hydrogen (secondary N) is 1. The standard InChI is InChI=1S/C13H13N3O2/c14-10-2-1-3-12(8-10)18-13(17)9-4-6-11(16-15)7-5-9/h1-8,16H,14-15H2. The molecule has 2 aromatic carbocycles. The van der Waals surface area contributed by atoms with Crippen LogP contribution in [0.25, 0.3) is 0 Å². The first-order chi connectivity index (χ1) is 8.69. The minimum absolute atomic E-state index is 0.418. The summed E-state index contributed by atoms with van der Waals surface area (Å²) in [6.07, 6.45) is 0. The Morgan fingerprint density at radius 2 is 1.83 bits per heavy atom. The van der Waals surface area contributed by atoms with E-state index in [9.17, 15) is 4.79 Å². The fourth-order valence-corrected chi connectivity index (χ4v) is 1.45. The van der Waals surface area contributed by atoms with E-state index in [4.69, 9.17) is 16.3 Å². The number of rotatable bonds is 3. The maximum atomic E-state index is 11.8. The number of nitrogens with two attached hydrogens (primary N) is 2. The minimum Gasteiger partial charge on any atom is -0.423 e. The lowest BCUT2D eigenvalue weighted by Crippen LogP contribution is -2.10. The average Bonchev–Trinajstić information content (AvgIpc) is 2.39. The number of ether oxygens (including phenoxy) is 1. The number of nitrogen functional groups attached to an aromatic ring is 2. The molecule has 0 atom stereocenters. The van der Waals surface area contributed by atoms with Gasteiger partial charge in [0.15, 0.2) is 0 Å². The second kappa shape index (κ2) is 5.20. The summed E-state index contributed by atoms with van der Waals surface area (Å²) in [4.78, 5) is 11.8. The normalized spacial score (nSPS) is 9.83. The molecule has 5 heteroatoms. The number of hydrogen-bond acceptors (Lipinski definition) is 5. The van der Waals surface area contributed by atoms with E-state index < -0.39 is 5.97 Å². The topological polar surface area (TPSA) is 90.4 Å². The predicted octanol–water partition coefficient (Wildman–Crippen LogP) is 1.77. The molecule has 2 aromatic rings. The Kier molecular flexibility index (Phi) is 3.45. The summed E-state index contributed by atoms with van der Waals surface area (Å²) in [6.45, 7) is 0. The highest BCUT2D eigenvalue weighted by Gasteiger charge is 2.08. The molecule has 0 aromatic heterocycles. The average molecular weight is 243 g/mol. The van der Waals surface area contributed by atoms with Gasteiger partial charge in [-0.25, -0.2) is 4.79 Å². The molecule has 2 rings (SSSR count). The van der Waals surface area contributed by atoms with Crippen LogP contribution in [0.3, 0.4) is 0 Å². The fourth-order valence-electron chi connectivity index (χ4n) is 1.45. The number of esters is 1. The SMILES string of the molecule is NNc1ccc(C(=O)Oc2cccc(N)c2)cc1. The quantitative estimate of drug-likeness (QED) is 0.251. The van der Waals surface area contributed by atoms with Gasteiger partial charge in [-0.1, -0.05) is 6.07 Å². The number of carbonyl (C=O) groups excluding carboxylic acids is 1. The Labute approximate surface area is 104 Å². The molecule has 0 aliphatic carbocycles. The third-order valence-electron chi connectivity index (χ3n) is 2.36. The van der Waals surface area contributed by atoms with Crippen molar-refractivity contribution < 1.29 is 9.53 Å². The van der Waals surface area contributed by atoms with Crippen LogP contribution in [0.1, 0.15) is 10.4 Å². The van der Waals surface area contributed by atoms with E-state index in [1.165, 1.54) is 0 Å². The van der Waals surface area contributed by atoms with Crippen molar-refractivity contribution in [3.8, 4) is 5.75 Å². The van der Waals surface area contributed by atoms with Gasteiger partial charge < -0.3 is 15.9 Å². The number of carbonyl (C=O) groups is 1. The maximum Gasteiger partial charge on any atom is 0.343 e. The Morgan fingerprint density at radius 1 is 1.11 bits per heavy atom. The van der Waals surface area contributed by atoms with Gasteiger partial charge >= 0.3 is 5.97 Å². The largest absolute Gasteiger partial charge is 0.423 e. The summed E-state index contributed by atoms with van der Waals surface area (Å²) < 4.78 is 5.18. The number of anilines is 2. The molecule has 18 heavy (non-hydrogen) atoms. The van der Waals surface area contributed by atoms with Crippen LogP contribution in [0.2, 0.25) is 0 Å². The van der Waals surface area contributed by atoms with Crippen LogP contribution >= 0.6 is 0 Å². The van der Waals surface area contributed by atoms with Gasteiger partial charge in [-0.15, -0.1) is 0 Å². The molecule has 0 fully saturated rings. The Morgan fingerprint density at radius 3 is 2.44 bits per heavy atom. The summed E-state index contributed by atoms with van der Waals surface area (Å²) in [7, 11) is 0. The van der Waals surface area contributed by atoms with Crippen molar-refractivity contribution >= 4 is 17.3 Å². The highest BCUT2D eigenvalue weighted by atomic mass is 16.5. The smallest absolute Gasteiger partial charge is 0.343 e. The third kappa shape index (κ3) is 2.78. The van der Waals surface area contributed by atoms with Crippen molar-refractivity contribution in [3.63, 3.8) is 0 Å². The highest BCUT2D eigenvalue weighted by molar-refractivity contribution is 5.91. The molecule has 0 aliphatic heterocycles. The predicted molar refractivity (Wildman–Crippen MR) is 70.1 cm³/mol. The van der Waals surface area contributed by atoms with E-state index in [2.05, 4.69) is 5.43 Å². The Bertz CT molecular complexity index is 552. The summed E-state index contributed by atoms with van der Waals surface area (Å²) >= 11 is 0. The Balaban J connectivity index is 2.11. The second-order valence-corrected chi connectivity index (χ2v) is 3.68. The molecule has 5 N–H and O–H groups in total. The second-order valence-electron chi connectivity index (χ2n) is 3.68. The van der Waals surface area contributed by atoms with Gasteiger partial charge in [0, 0.05) is 17.4 Å². The summed E-state index contributed by atoms with van der Waals surface area (Å²) in [6, 6.07) is 13.3. The molecule has 0 saturated heterocycles. The molecule has 0 spiro atoms. The molecule has 0 heterocycles. The van der Waals surface area contributed by atoms with Crippen molar-refractivity contribution in [1.29, 1.82) is 0 Å². The monoisotopic (exact) mass is 243 g/mol. The Hall–Kier alpha value is -2.53. The van der Waals surface area contributed by atoms with E-state index in [-0.39, 0.29) is 0 Å². The number of hydrazine groups is 1. The zero-order chi connectivity index (χ0) is 13.0. The molecule has 0 amide bonds. The van der Waals surface area contributed by atoms with E-state index in [1.54, 1.807) is 48.5 Å². The van der Waals surface area contributed by atoms with Crippen molar-refractivity contribution in [3.05, 3.63) is 54.1 Å². The van der Waals surface area contributed by atoms with Crippen LogP contribution < -0.4 is 21.7 Å². The van der Waals surface area contributed by atoms with Gasteiger partial charge in [-0.3, -0.25) is 5.84 Å². The van der Waals surface area contributed by atoms with Gasteiger partial charge in [-0.2, -0.15) is 0 Å². The molecule has 0 aliphatic rings. The van der Waals surface area contributed by atoms with Crippen LogP contribution in [0.4, 0.5) is 11.4 Å². The van der Waals surface area contributed by atoms with Gasteiger partial charge in [-0.05, 0) is 36.4 Å². The van der Waals surface area contributed by atoms with Crippen molar-refractivity contribution in [2.45, 2.75) is 0 Å². The van der Waals surface area contributed by atoms with Crippen LogP contribution in [0.5, 0.6) is 5.75 Å². The van der Waals surface area contributed by atoms with Crippen LogP contribution in [-0.4, -0.2) is 5.97 Å². The summed E-state index contributed by atoms with van der Waals surface area (Å²) in [5.74, 6) is 5.21. The molecular weight excluding hydrogens is 230 g/mol. The van der Waals surface area contributed by atoms with Crippen LogP contribution in [0, 0.1) is 0 Å². The molecule has 0 bridgehead atoms. The van der Waals surface area contributed by atoms with E-state index in [0.29, 0.717) is 17.0 Å². The molecular formula is C13H13N3O2. The first kappa shape index (κ1) is 11.9. The minimum atomic E-state index is -0.441. The molecule has 0 saturated carbocycles. The van der Waals surface area contributed by atoms with E-state index >= 15 is 0 Å². The third-order valence-corrected chi connectivity index (χ3v) is 2.36. The van der Waals surface area contributed by atoms with E-state index in [1.807, 2.05) is 0 Å². The lowest BCUT2D eigenvalue weighted by Gasteiger charge is -2.05.